The Bertz CT molecular complexity index is 1090. The lowest BCUT2D eigenvalue weighted by Gasteiger charge is -2.30. The van der Waals surface area contributed by atoms with Crippen molar-refractivity contribution in [2.45, 2.75) is 17.7 Å². The Morgan fingerprint density at radius 1 is 1.14 bits per heavy atom. The van der Waals surface area contributed by atoms with Gasteiger partial charge in [-0.15, -0.1) is 0 Å². The van der Waals surface area contributed by atoms with Crippen molar-refractivity contribution >= 4 is 42.6 Å². The fraction of sp³-hybridized carbons (Fsp3) is 0.300. The van der Waals surface area contributed by atoms with Gasteiger partial charge in [0.25, 0.3) is 0 Å². The van der Waals surface area contributed by atoms with Crippen molar-refractivity contribution in [2.24, 2.45) is 5.92 Å². The van der Waals surface area contributed by atoms with Crippen LogP contribution in [0.5, 0.6) is 5.75 Å². The van der Waals surface area contributed by atoms with Crippen LogP contribution in [0.3, 0.4) is 0 Å². The summed E-state index contributed by atoms with van der Waals surface area (Å²) >= 11 is 1.44. The van der Waals surface area contributed by atoms with E-state index in [0.717, 1.165) is 10.2 Å². The molecule has 0 unspecified atom stereocenters. The third-order valence-corrected chi connectivity index (χ3v) is 7.91. The van der Waals surface area contributed by atoms with Crippen molar-refractivity contribution < 1.29 is 17.9 Å². The number of carbonyl (C=O) groups is 1. The van der Waals surface area contributed by atoms with Crippen molar-refractivity contribution in [2.75, 3.05) is 25.5 Å². The summed E-state index contributed by atoms with van der Waals surface area (Å²) in [6.45, 7) is 0.624. The van der Waals surface area contributed by atoms with Crippen LogP contribution in [-0.4, -0.2) is 43.8 Å². The number of fused-ring (bicyclic) bond motifs is 1. The maximum absolute atomic E-state index is 12.8. The standard InChI is InChI=1S/C20H21N3O4S2/c1-27-15-6-8-16(9-7-15)29(25,26)23-12-10-14(11-13-23)19(24)22-20-21-17-4-2-3-5-18(17)28-20/h2-9,14H,10-13H2,1H3,(H,21,22,24). The molecule has 4 rings (SSSR count). The lowest BCUT2D eigenvalue weighted by atomic mass is 9.97. The minimum atomic E-state index is -3.58. The zero-order chi connectivity index (χ0) is 20.4. The van der Waals surface area contributed by atoms with Gasteiger partial charge >= 0.3 is 0 Å². The number of hydrogen-bond donors (Lipinski definition) is 1. The number of hydrogen-bond acceptors (Lipinski definition) is 6. The number of carbonyl (C=O) groups excluding carboxylic acids is 1. The number of benzene rings is 2. The highest BCUT2D eigenvalue weighted by atomic mass is 32.2. The first kappa shape index (κ1) is 19.8. The van der Waals surface area contributed by atoms with E-state index in [9.17, 15) is 13.2 Å². The lowest BCUT2D eigenvalue weighted by Crippen LogP contribution is -2.41. The Hall–Kier alpha value is -2.49. The van der Waals surface area contributed by atoms with Crippen molar-refractivity contribution in [3.8, 4) is 5.75 Å². The number of methoxy groups -OCH3 is 1. The summed E-state index contributed by atoms with van der Waals surface area (Å²) < 4.78 is 33.2. The number of nitrogens with one attached hydrogen (secondary N) is 1. The largest absolute Gasteiger partial charge is 0.497 e. The van der Waals surface area contributed by atoms with E-state index in [1.807, 2.05) is 24.3 Å². The molecule has 1 saturated heterocycles. The maximum Gasteiger partial charge on any atom is 0.243 e. The predicted octanol–water partition coefficient (Wildman–Crippen LogP) is 3.34. The molecule has 1 aliphatic rings. The number of anilines is 1. The monoisotopic (exact) mass is 431 g/mol. The minimum Gasteiger partial charge on any atom is -0.497 e. The van der Waals surface area contributed by atoms with Gasteiger partial charge in [-0.2, -0.15) is 4.31 Å². The first-order chi connectivity index (χ1) is 14.0. The lowest BCUT2D eigenvalue weighted by molar-refractivity contribution is -0.120. The Kier molecular flexibility index (Phi) is 5.53. The zero-order valence-corrected chi connectivity index (χ0v) is 17.5. The number of amides is 1. The second-order valence-corrected chi connectivity index (χ2v) is 9.80. The highest BCUT2D eigenvalue weighted by Gasteiger charge is 2.32. The van der Waals surface area contributed by atoms with Crippen molar-refractivity contribution in [1.29, 1.82) is 0 Å². The molecule has 0 aliphatic carbocycles. The number of para-hydroxylation sites is 1. The molecule has 3 aromatic rings. The van der Waals surface area contributed by atoms with Crippen LogP contribution in [0.4, 0.5) is 5.13 Å². The molecule has 2 heterocycles. The number of piperidine rings is 1. The quantitative estimate of drug-likeness (QED) is 0.669. The molecule has 1 amide bonds. The van der Waals surface area contributed by atoms with Crippen molar-refractivity contribution in [3.63, 3.8) is 0 Å². The molecule has 9 heteroatoms. The van der Waals surface area contributed by atoms with Gasteiger partial charge < -0.3 is 10.1 Å². The highest BCUT2D eigenvalue weighted by Crippen LogP contribution is 2.28. The van der Waals surface area contributed by atoms with Crippen LogP contribution in [0.15, 0.2) is 53.4 Å². The molecule has 1 fully saturated rings. The first-order valence-corrected chi connectivity index (χ1v) is 11.5. The number of thiazole rings is 1. The summed E-state index contributed by atoms with van der Waals surface area (Å²) in [5.74, 6) is 0.268. The number of ether oxygens (including phenoxy) is 1. The van der Waals surface area contributed by atoms with Gasteiger partial charge in [0.1, 0.15) is 5.75 Å². The molecule has 0 spiro atoms. The van der Waals surface area contributed by atoms with Crippen LogP contribution >= 0.6 is 11.3 Å². The summed E-state index contributed by atoms with van der Waals surface area (Å²) in [7, 11) is -2.04. The first-order valence-electron chi connectivity index (χ1n) is 9.28. The van der Waals surface area contributed by atoms with Crippen LogP contribution in [0.25, 0.3) is 10.2 Å². The molecule has 0 atom stereocenters. The van der Waals surface area contributed by atoms with Gasteiger partial charge in [-0.3, -0.25) is 4.79 Å². The van der Waals surface area contributed by atoms with E-state index in [-0.39, 0.29) is 16.7 Å². The molecule has 1 aromatic heterocycles. The van der Waals surface area contributed by atoms with Gasteiger partial charge in [0.2, 0.25) is 15.9 Å². The highest BCUT2D eigenvalue weighted by molar-refractivity contribution is 7.89. The Balaban J connectivity index is 1.38. The van der Waals surface area contributed by atoms with Crippen LogP contribution in [0.2, 0.25) is 0 Å². The molecule has 152 valence electrons. The third-order valence-electron chi connectivity index (χ3n) is 5.05. The Morgan fingerprint density at radius 2 is 1.83 bits per heavy atom. The average molecular weight is 432 g/mol. The van der Waals surface area contributed by atoms with Gasteiger partial charge in [0.15, 0.2) is 5.13 Å². The van der Waals surface area contributed by atoms with Gasteiger partial charge in [-0.05, 0) is 49.2 Å². The SMILES string of the molecule is COc1ccc(S(=O)(=O)N2CCC(C(=O)Nc3nc4ccccc4s3)CC2)cc1. The van der Waals surface area contributed by atoms with Crippen molar-refractivity contribution in [1.82, 2.24) is 9.29 Å². The smallest absolute Gasteiger partial charge is 0.243 e. The van der Waals surface area contributed by atoms with E-state index in [4.69, 9.17) is 4.74 Å². The number of aromatic nitrogens is 1. The Labute approximate surface area is 173 Å². The third kappa shape index (κ3) is 4.12. The molecule has 0 radical (unpaired) electrons. The van der Waals surface area contributed by atoms with Crippen LogP contribution in [0, 0.1) is 5.92 Å². The predicted molar refractivity (Wildman–Crippen MR) is 113 cm³/mol. The van der Waals surface area contributed by atoms with E-state index >= 15 is 0 Å². The second-order valence-electron chi connectivity index (χ2n) is 6.83. The normalized spacial score (nSPS) is 16.0. The molecular weight excluding hydrogens is 410 g/mol. The summed E-state index contributed by atoms with van der Waals surface area (Å²) in [6, 6.07) is 14.1. The Morgan fingerprint density at radius 3 is 2.48 bits per heavy atom. The van der Waals surface area contributed by atoms with E-state index < -0.39 is 10.0 Å². The summed E-state index contributed by atoms with van der Waals surface area (Å²) in [6.07, 6.45) is 0.957. The molecule has 1 N–H and O–H groups in total. The average Bonchev–Trinajstić information content (AvgIpc) is 3.16. The van der Waals surface area contributed by atoms with Crippen molar-refractivity contribution in [3.05, 3.63) is 48.5 Å². The second kappa shape index (κ2) is 8.10. The number of nitrogens with zero attached hydrogens (tertiary/aromatic N) is 2. The molecule has 1 aliphatic heterocycles. The fourth-order valence-corrected chi connectivity index (χ4v) is 5.73. The van der Waals surface area contributed by atoms with Crippen LogP contribution in [-0.2, 0) is 14.8 Å². The fourth-order valence-electron chi connectivity index (χ4n) is 3.39. The molecule has 0 saturated carbocycles. The van der Waals surface area contributed by atoms with E-state index in [1.165, 1.54) is 22.8 Å². The zero-order valence-electron chi connectivity index (χ0n) is 15.9. The minimum absolute atomic E-state index is 0.106. The maximum atomic E-state index is 12.8. The summed E-state index contributed by atoms with van der Waals surface area (Å²) in [5.41, 5.74) is 0.855. The van der Waals surface area contributed by atoms with Gasteiger partial charge in [-0.1, -0.05) is 23.5 Å². The molecule has 29 heavy (non-hydrogen) atoms. The van der Waals surface area contributed by atoms with Gasteiger partial charge in [0, 0.05) is 19.0 Å². The summed E-state index contributed by atoms with van der Waals surface area (Å²) in [5, 5.41) is 3.46. The summed E-state index contributed by atoms with van der Waals surface area (Å²) in [4.78, 5) is 17.3. The van der Waals surface area contributed by atoms with E-state index in [2.05, 4.69) is 10.3 Å². The van der Waals surface area contributed by atoms with Gasteiger partial charge in [-0.25, -0.2) is 13.4 Å². The number of sulfonamides is 1. The molecule has 7 nitrogen and oxygen atoms in total. The van der Waals surface area contributed by atoms with Crippen LogP contribution < -0.4 is 10.1 Å². The van der Waals surface area contributed by atoms with E-state index in [1.54, 1.807) is 24.3 Å². The molecule has 2 aromatic carbocycles. The topological polar surface area (TPSA) is 88.6 Å². The van der Waals surface area contributed by atoms with Gasteiger partial charge in [0.05, 0.1) is 22.2 Å². The molecular formula is C20H21N3O4S2. The molecule has 0 bridgehead atoms. The van der Waals surface area contributed by atoms with Crippen LogP contribution in [0.1, 0.15) is 12.8 Å². The number of rotatable bonds is 5. The van der Waals surface area contributed by atoms with E-state index in [0.29, 0.717) is 36.8 Å².